The van der Waals surface area contributed by atoms with Crippen molar-refractivity contribution in [3.8, 4) is 17.6 Å². The number of amides is 1. The molecule has 1 amide bonds. The molecule has 7 nitrogen and oxygen atoms in total. The van der Waals surface area contributed by atoms with Crippen LogP contribution >= 0.6 is 0 Å². The van der Waals surface area contributed by atoms with E-state index in [4.69, 9.17) is 14.7 Å². The molecule has 0 radical (unpaired) electrons. The maximum absolute atomic E-state index is 12.8. The molecule has 1 aliphatic heterocycles. The zero-order valence-electron chi connectivity index (χ0n) is 15.4. The third-order valence-corrected chi connectivity index (χ3v) is 4.66. The fourth-order valence-corrected chi connectivity index (χ4v) is 3.13. The molecule has 0 aliphatic carbocycles. The summed E-state index contributed by atoms with van der Waals surface area (Å²) in [5, 5.41) is 12.2. The second-order valence-electron chi connectivity index (χ2n) is 6.32. The Hall–Kier alpha value is -3.27. The average Bonchev–Trinajstić information content (AvgIpc) is 2.73. The predicted molar refractivity (Wildman–Crippen MR) is 101 cm³/mol. The second kappa shape index (κ2) is 8.41. The maximum atomic E-state index is 12.8. The molecule has 1 N–H and O–H groups in total. The van der Waals surface area contributed by atoms with E-state index in [0.717, 1.165) is 18.7 Å². The number of nitrogens with zero attached hydrogens (tertiary/aromatic N) is 3. The van der Waals surface area contributed by atoms with E-state index in [9.17, 15) is 4.79 Å². The average molecular weight is 366 g/mol. The standard InChI is InChI=1S/C20H22N4O3/c1-26-17-5-4-15(11-18(17)27-2)20(25)24-9-7-16(8-10-24)23-19-6-3-14(12-21)13-22-19/h3-6,11,13,16H,7-10H2,1-2H3,(H,22,23). The Morgan fingerprint density at radius 1 is 1.19 bits per heavy atom. The maximum Gasteiger partial charge on any atom is 0.253 e. The van der Waals surface area contributed by atoms with Crippen LogP contribution in [-0.4, -0.2) is 49.1 Å². The quantitative estimate of drug-likeness (QED) is 0.875. The highest BCUT2D eigenvalue weighted by Gasteiger charge is 2.24. The molecule has 27 heavy (non-hydrogen) atoms. The van der Waals surface area contributed by atoms with E-state index in [1.165, 1.54) is 0 Å². The zero-order valence-corrected chi connectivity index (χ0v) is 15.4. The molecule has 0 atom stereocenters. The van der Waals surface area contributed by atoms with Crippen LogP contribution in [-0.2, 0) is 0 Å². The van der Waals surface area contributed by atoms with Crippen LogP contribution in [0.4, 0.5) is 5.82 Å². The van der Waals surface area contributed by atoms with Crippen LogP contribution in [0, 0.1) is 11.3 Å². The van der Waals surface area contributed by atoms with Gasteiger partial charge in [-0.15, -0.1) is 0 Å². The summed E-state index contributed by atoms with van der Waals surface area (Å²) in [7, 11) is 3.13. The van der Waals surface area contributed by atoms with Gasteiger partial charge in [-0.1, -0.05) is 0 Å². The van der Waals surface area contributed by atoms with Crippen molar-refractivity contribution in [2.24, 2.45) is 0 Å². The summed E-state index contributed by atoms with van der Waals surface area (Å²) in [4.78, 5) is 18.9. The number of nitriles is 1. The first kappa shape index (κ1) is 18.5. The molecule has 0 unspecified atom stereocenters. The topological polar surface area (TPSA) is 87.5 Å². The number of pyridine rings is 1. The van der Waals surface area contributed by atoms with Gasteiger partial charge in [0.05, 0.1) is 19.8 Å². The Bertz CT molecular complexity index is 837. The number of anilines is 1. The third-order valence-electron chi connectivity index (χ3n) is 4.66. The Labute approximate surface area is 158 Å². The molecule has 1 aromatic heterocycles. The van der Waals surface area contributed by atoms with Crippen LogP contribution in [0.15, 0.2) is 36.5 Å². The van der Waals surface area contributed by atoms with Crippen molar-refractivity contribution in [1.29, 1.82) is 5.26 Å². The molecule has 7 heteroatoms. The van der Waals surface area contributed by atoms with Crippen LogP contribution in [0.25, 0.3) is 0 Å². The number of carbonyl (C=O) groups is 1. The molecule has 0 saturated carbocycles. The van der Waals surface area contributed by atoms with Crippen LogP contribution in [0.3, 0.4) is 0 Å². The Morgan fingerprint density at radius 3 is 2.52 bits per heavy atom. The summed E-state index contributed by atoms with van der Waals surface area (Å²) in [6.07, 6.45) is 3.22. The highest BCUT2D eigenvalue weighted by Crippen LogP contribution is 2.28. The number of ether oxygens (including phenoxy) is 2. The van der Waals surface area contributed by atoms with Gasteiger partial charge in [0.15, 0.2) is 11.5 Å². The first-order chi connectivity index (χ1) is 13.1. The lowest BCUT2D eigenvalue weighted by Gasteiger charge is -2.32. The molecule has 1 aromatic carbocycles. The number of aromatic nitrogens is 1. The van der Waals surface area contributed by atoms with E-state index in [0.29, 0.717) is 35.7 Å². The van der Waals surface area contributed by atoms with E-state index < -0.39 is 0 Å². The summed E-state index contributed by atoms with van der Waals surface area (Å²) in [5.74, 6) is 1.89. The van der Waals surface area contributed by atoms with Gasteiger partial charge in [0.25, 0.3) is 5.91 Å². The van der Waals surface area contributed by atoms with Crippen molar-refractivity contribution in [2.75, 3.05) is 32.6 Å². The molecule has 2 heterocycles. The van der Waals surface area contributed by atoms with Gasteiger partial charge in [-0.2, -0.15) is 5.26 Å². The van der Waals surface area contributed by atoms with Gasteiger partial charge < -0.3 is 19.7 Å². The first-order valence-corrected chi connectivity index (χ1v) is 8.78. The number of methoxy groups -OCH3 is 2. The molecule has 0 spiro atoms. The lowest BCUT2D eigenvalue weighted by Crippen LogP contribution is -2.42. The normalized spacial score (nSPS) is 14.3. The highest BCUT2D eigenvalue weighted by atomic mass is 16.5. The number of piperidine rings is 1. The summed E-state index contributed by atoms with van der Waals surface area (Å²) in [5.41, 5.74) is 1.13. The van der Waals surface area contributed by atoms with Crippen LogP contribution < -0.4 is 14.8 Å². The van der Waals surface area contributed by atoms with E-state index in [1.54, 1.807) is 50.7 Å². The first-order valence-electron chi connectivity index (χ1n) is 8.78. The number of benzene rings is 1. The summed E-state index contributed by atoms with van der Waals surface area (Å²) < 4.78 is 10.5. The van der Waals surface area contributed by atoms with Gasteiger partial charge in [0, 0.05) is 30.9 Å². The monoisotopic (exact) mass is 366 g/mol. The summed E-state index contributed by atoms with van der Waals surface area (Å²) in [6, 6.07) is 11.1. The fraction of sp³-hybridized carbons (Fsp3) is 0.350. The van der Waals surface area contributed by atoms with E-state index >= 15 is 0 Å². The smallest absolute Gasteiger partial charge is 0.253 e. The van der Waals surface area contributed by atoms with E-state index in [1.807, 2.05) is 4.90 Å². The number of rotatable bonds is 5. The molecule has 1 aliphatic rings. The Balaban J connectivity index is 1.58. The fourth-order valence-electron chi connectivity index (χ4n) is 3.13. The second-order valence-corrected chi connectivity index (χ2v) is 6.32. The lowest BCUT2D eigenvalue weighted by molar-refractivity contribution is 0.0718. The van der Waals surface area contributed by atoms with Crippen LogP contribution in [0.5, 0.6) is 11.5 Å². The van der Waals surface area contributed by atoms with Crippen molar-refractivity contribution >= 4 is 11.7 Å². The minimum absolute atomic E-state index is 0.00842. The van der Waals surface area contributed by atoms with Crippen LogP contribution in [0.2, 0.25) is 0 Å². The molecular weight excluding hydrogens is 344 g/mol. The molecule has 0 bridgehead atoms. The summed E-state index contributed by atoms with van der Waals surface area (Å²) >= 11 is 0. The summed E-state index contributed by atoms with van der Waals surface area (Å²) in [6.45, 7) is 1.34. The van der Waals surface area contributed by atoms with E-state index in [-0.39, 0.29) is 11.9 Å². The molecule has 1 saturated heterocycles. The minimum Gasteiger partial charge on any atom is -0.493 e. The van der Waals surface area contributed by atoms with Crippen molar-refractivity contribution in [3.63, 3.8) is 0 Å². The predicted octanol–water partition coefficient (Wildman–Crippen LogP) is 2.69. The highest BCUT2D eigenvalue weighted by molar-refractivity contribution is 5.95. The van der Waals surface area contributed by atoms with Gasteiger partial charge in [-0.05, 0) is 43.2 Å². The van der Waals surface area contributed by atoms with Gasteiger partial charge in [-0.25, -0.2) is 4.98 Å². The molecule has 2 aromatic rings. The number of likely N-dealkylation sites (tertiary alicyclic amines) is 1. The van der Waals surface area contributed by atoms with Crippen molar-refractivity contribution in [2.45, 2.75) is 18.9 Å². The molecule has 1 fully saturated rings. The van der Waals surface area contributed by atoms with Crippen molar-refractivity contribution < 1.29 is 14.3 Å². The third kappa shape index (κ3) is 4.29. The zero-order chi connectivity index (χ0) is 19.2. The molecule has 140 valence electrons. The Morgan fingerprint density at radius 2 is 1.93 bits per heavy atom. The number of hydrogen-bond donors (Lipinski definition) is 1. The van der Waals surface area contributed by atoms with Gasteiger partial charge in [0.1, 0.15) is 11.9 Å². The number of carbonyl (C=O) groups excluding carboxylic acids is 1. The van der Waals surface area contributed by atoms with Gasteiger partial charge >= 0.3 is 0 Å². The van der Waals surface area contributed by atoms with Gasteiger partial charge in [0.2, 0.25) is 0 Å². The SMILES string of the molecule is COc1ccc(C(=O)N2CCC(Nc3ccc(C#N)cn3)CC2)cc1OC. The minimum atomic E-state index is -0.00842. The van der Waals surface area contributed by atoms with E-state index in [2.05, 4.69) is 16.4 Å². The molecular formula is C20H22N4O3. The largest absolute Gasteiger partial charge is 0.493 e. The number of nitrogens with one attached hydrogen (secondary N) is 1. The van der Waals surface area contributed by atoms with Crippen molar-refractivity contribution in [3.05, 3.63) is 47.7 Å². The molecule has 3 rings (SSSR count). The Kier molecular flexibility index (Phi) is 5.77. The lowest BCUT2D eigenvalue weighted by atomic mass is 10.0. The van der Waals surface area contributed by atoms with Crippen molar-refractivity contribution in [1.82, 2.24) is 9.88 Å². The number of hydrogen-bond acceptors (Lipinski definition) is 6. The van der Waals surface area contributed by atoms with Gasteiger partial charge in [-0.3, -0.25) is 4.79 Å². The van der Waals surface area contributed by atoms with Crippen LogP contribution in [0.1, 0.15) is 28.8 Å².